The highest BCUT2D eigenvalue weighted by atomic mass is 32.2. The highest BCUT2D eigenvalue weighted by Crippen LogP contribution is 2.22. The maximum absolute atomic E-state index is 12.2. The molecule has 1 saturated carbocycles. The number of esters is 1. The maximum atomic E-state index is 12.2. The molecule has 1 N–H and O–H groups in total. The van der Waals surface area contributed by atoms with Crippen molar-refractivity contribution in [2.45, 2.75) is 30.4 Å². The first-order chi connectivity index (χ1) is 12.0. The molecule has 1 fully saturated rings. The molecule has 128 valence electrons. The first-order valence-electron chi connectivity index (χ1n) is 7.76. The van der Waals surface area contributed by atoms with Gasteiger partial charge < -0.3 is 4.74 Å². The van der Waals surface area contributed by atoms with Gasteiger partial charge in [0, 0.05) is 6.04 Å². The van der Waals surface area contributed by atoms with Gasteiger partial charge in [0.1, 0.15) is 6.61 Å². The van der Waals surface area contributed by atoms with E-state index in [4.69, 9.17) is 10.00 Å². The van der Waals surface area contributed by atoms with E-state index < -0.39 is 16.0 Å². The zero-order chi connectivity index (χ0) is 17.9. The maximum Gasteiger partial charge on any atom is 0.338 e. The highest BCUT2D eigenvalue weighted by Gasteiger charge is 2.28. The van der Waals surface area contributed by atoms with Crippen molar-refractivity contribution in [1.29, 1.82) is 5.26 Å². The normalized spacial score (nSPS) is 13.9. The number of sulfonamides is 1. The number of hydrogen-bond donors (Lipinski definition) is 1. The number of ether oxygens (including phenoxy) is 1. The number of nitrogens with one attached hydrogen (secondary N) is 1. The third kappa shape index (κ3) is 4.44. The van der Waals surface area contributed by atoms with Crippen molar-refractivity contribution in [1.82, 2.24) is 4.72 Å². The smallest absolute Gasteiger partial charge is 0.338 e. The number of hydrogen-bond acceptors (Lipinski definition) is 5. The SMILES string of the molecule is N#Cc1cccc(COC(=O)c2cccc(S(=O)(=O)NC3CC3)c2)c1. The first-order valence-corrected chi connectivity index (χ1v) is 9.25. The number of benzene rings is 2. The van der Waals surface area contributed by atoms with E-state index in [0.717, 1.165) is 12.8 Å². The van der Waals surface area contributed by atoms with Crippen LogP contribution in [0.25, 0.3) is 0 Å². The summed E-state index contributed by atoms with van der Waals surface area (Å²) >= 11 is 0. The molecule has 0 aromatic heterocycles. The minimum Gasteiger partial charge on any atom is -0.457 e. The Balaban J connectivity index is 1.69. The van der Waals surface area contributed by atoms with Crippen LogP contribution in [0.5, 0.6) is 0 Å². The van der Waals surface area contributed by atoms with Crippen molar-refractivity contribution < 1.29 is 17.9 Å². The van der Waals surface area contributed by atoms with Gasteiger partial charge in [0.15, 0.2) is 0 Å². The zero-order valence-corrected chi connectivity index (χ0v) is 14.1. The Kier molecular flexibility index (Phi) is 4.83. The van der Waals surface area contributed by atoms with Gasteiger partial charge in [-0.1, -0.05) is 18.2 Å². The van der Waals surface area contributed by atoms with Gasteiger partial charge in [-0.2, -0.15) is 5.26 Å². The first kappa shape index (κ1) is 17.1. The van der Waals surface area contributed by atoms with E-state index in [1.54, 1.807) is 24.3 Å². The summed E-state index contributed by atoms with van der Waals surface area (Å²) in [5.41, 5.74) is 1.33. The molecule has 0 aliphatic heterocycles. The van der Waals surface area contributed by atoms with E-state index >= 15 is 0 Å². The summed E-state index contributed by atoms with van der Waals surface area (Å²) in [6.07, 6.45) is 1.67. The number of carbonyl (C=O) groups excluding carboxylic acids is 1. The minimum atomic E-state index is -3.62. The Morgan fingerprint density at radius 2 is 1.96 bits per heavy atom. The van der Waals surface area contributed by atoms with Crippen LogP contribution in [0.15, 0.2) is 53.4 Å². The molecule has 0 unspecified atom stereocenters. The van der Waals surface area contributed by atoms with Crippen molar-refractivity contribution in [3.63, 3.8) is 0 Å². The molecule has 7 heteroatoms. The standard InChI is InChI=1S/C18H16N2O4S/c19-11-13-3-1-4-14(9-13)12-24-18(21)15-5-2-6-17(10-15)25(22,23)20-16-7-8-16/h1-6,9-10,16,20H,7-8,12H2. The largest absolute Gasteiger partial charge is 0.457 e. The molecule has 25 heavy (non-hydrogen) atoms. The van der Waals surface area contributed by atoms with Crippen LogP contribution in [-0.2, 0) is 21.4 Å². The topological polar surface area (TPSA) is 96.3 Å². The van der Waals surface area contributed by atoms with Crippen molar-refractivity contribution in [2.24, 2.45) is 0 Å². The van der Waals surface area contributed by atoms with Gasteiger partial charge in [0.2, 0.25) is 10.0 Å². The van der Waals surface area contributed by atoms with Crippen LogP contribution < -0.4 is 4.72 Å². The molecular formula is C18H16N2O4S. The summed E-state index contributed by atoms with van der Waals surface area (Å²) in [4.78, 5) is 12.2. The number of nitriles is 1. The fourth-order valence-electron chi connectivity index (χ4n) is 2.24. The van der Waals surface area contributed by atoms with Crippen LogP contribution >= 0.6 is 0 Å². The monoisotopic (exact) mass is 356 g/mol. The Labute approximate surface area is 146 Å². The van der Waals surface area contributed by atoms with Gasteiger partial charge in [-0.05, 0) is 48.7 Å². The van der Waals surface area contributed by atoms with Crippen molar-refractivity contribution in [3.05, 3.63) is 65.2 Å². The molecule has 2 aromatic rings. The van der Waals surface area contributed by atoms with Crippen molar-refractivity contribution in [2.75, 3.05) is 0 Å². The predicted molar refractivity (Wildman–Crippen MR) is 90.1 cm³/mol. The predicted octanol–water partition coefficient (Wildman–Crippen LogP) is 2.36. The molecule has 1 aliphatic rings. The summed E-state index contributed by atoms with van der Waals surface area (Å²) < 4.78 is 32.2. The zero-order valence-electron chi connectivity index (χ0n) is 13.3. The molecule has 3 rings (SSSR count). The lowest BCUT2D eigenvalue weighted by atomic mass is 10.1. The number of rotatable bonds is 6. The van der Waals surface area contributed by atoms with Crippen molar-refractivity contribution in [3.8, 4) is 6.07 Å². The van der Waals surface area contributed by atoms with E-state index in [-0.39, 0.29) is 23.1 Å². The summed E-state index contributed by atoms with van der Waals surface area (Å²) in [5.74, 6) is -0.620. The quantitative estimate of drug-likeness (QED) is 0.802. The summed E-state index contributed by atoms with van der Waals surface area (Å²) in [6.45, 7) is 0.00561. The van der Waals surface area contributed by atoms with Gasteiger partial charge in [-0.3, -0.25) is 0 Å². The molecule has 0 radical (unpaired) electrons. The minimum absolute atomic E-state index is 0.00561. The fraction of sp³-hybridized carbons (Fsp3) is 0.222. The van der Waals surface area contributed by atoms with E-state index in [0.29, 0.717) is 11.1 Å². The molecule has 0 saturated heterocycles. The van der Waals surface area contributed by atoms with Crippen LogP contribution in [0.2, 0.25) is 0 Å². The Bertz CT molecular complexity index is 944. The third-order valence-electron chi connectivity index (χ3n) is 3.71. The van der Waals surface area contributed by atoms with Gasteiger partial charge in [0.05, 0.1) is 22.1 Å². The summed E-state index contributed by atoms with van der Waals surface area (Å²) in [7, 11) is -3.62. The summed E-state index contributed by atoms with van der Waals surface area (Å²) in [6, 6.07) is 14.5. The highest BCUT2D eigenvalue weighted by molar-refractivity contribution is 7.89. The molecule has 6 nitrogen and oxygen atoms in total. The van der Waals surface area contributed by atoms with E-state index in [9.17, 15) is 13.2 Å². The van der Waals surface area contributed by atoms with E-state index in [1.807, 2.05) is 6.07 Å². The molecule has 2 aromatic carbocycles. The lowest BCUT2D eigenvalue weighted by molar-refractivity contribution is 0.0472. The Morgan fingerprint density at radius 1 is 1.20 bits per heavy atom. The van der Waals surface area contributed by atoms with Gasteiger partial charge >= 0.3 is 5.97 Å². The molecule has 0 bridgehead atoms. The van der Waals surface area contributed by atoms with Crippen LogP contribution in [0.4, 0.5) is 0 Å². The second-order valence-electron chi connectivity index (χ2n) is 5.81. The second-order valence-corrected chi connectivity index (χ2v) is 7.53. The van der Waals surface area contributed by atoms with Gasteiger partial charge in [0.25, 0.3) is 0 Å². The average Bonchev–Trinajstić information content (AvgIpc) is 3.43. The molecule has 0 atom stereocenters. The summed E-state index contributed by atoms with van der Waals surface area (Å²) in [5, 5.41) is 8.87. The molecular weight excluding hydrogens is 340 g/mol. The molecule has 0 heterocycles. The Hall–Kier alpha value is -2.69. The molecule has 0 spiro atoms. The number of carbonyl (C=O) groups is 1. The van der Waals surface area contributed by atoms with E-state index in [2.05, 4.69) is 4.72 Å². The molecule has 0 amide bonds. The molecule has 1 aliphatic carbocycles. The fourth-order valence-corrected chi connectivity index (χ4v) is 3.59. The third-order valence-corrected chi connectivity index (χ3v) is 5.22. The van der Waals surface area contributed by atoms with Crippen LogP contribution in [-0.4, -0.2) is 20.4 Å². The van der Waals surface area contributed by atoms with E-state index in [1.165, 1.54) is 24.3 Å². The second kappa shape index (κ2) is 7.05. The van der Waals surface area contributed by atoms with Crippen LogP contribution in [0.1, 0.15) is 34.3 Å². The van der Waals surface area contributed by atoms with Crippen LogP contribution in [0.3, 0.4) is 0 Å². The lowest BCUT2D eigenvalue weighted by Crippen LogP contribution is -2.25. The lowest BCUT2D eigenvalue weighted by Gasteiger charge is -2.08. The van der Waals surface area contributed by atoms with Crippen LogP contribution in [0, 0.1) is 11.3 Å². The number of nitrogens with zero attached hydrogens (tertiary/aromatic N) is 1. The van der Waals surface area contributed by atoms with Gasteiger partial charge in [-0.25, -0.2) is 17.9 Å². The average molecular weight is 356 g/mol. The van der Waals surface area contributed by atoms with Gasteiger partial charge in [-0.15, -0.1) is 0 Å². The Morgan fingerprint density at radius 3 is 2.68 bits per heavy atom. The van der Waals surface area contributed by atoms with Crippen molar-refractivity contribution >= 4 is 16.0 Å².